The van der Waals surface area contributed by atoms with Crippen LogP contribution in [0.4, 0.5) is 0 Å². The summed E-state index contributed by atoms with van der Waals surface area (Å²) in [5.41, 5.74) is 0.678. The fourth-order valence-electron chi connectivity index (χ4n) is 1.70. The van der Waals surface area contributed by atoms with Gasteiger partial charge >= 0.3 is 5.97 Å². The number of methoxy groups -OCH3 is 1. The second kappa shape index (κ2) is 3.77. The summed E-state index contributed by atoms with van der Waals surface area (Å²) in [6, 6.07) is 6.75. The molecule has 5 heteroatoms. The molecule has 0 aliphatic rings. The molecular formula is C11H11NO4. The summed E-state index contributed by atoms with van der Waals surface area (Å²) < 4.78 is 6.46. The highest BCUT2D eigenvalue weighted by molar-refractivity contribution is 6.02. The molecule has 0 saturated heterocycles. The van der Waals surface area contributed by atoms with Gasteiger partial charge in [-0.25, -0.2) is 4.79 Å². The molecule has 2 rings (SSSR count). The van der Waals surface area contributed by atoms with Crippen LogP contribution in [0.15, 0.2) is 24.3 Å². The molecule has 0 aliphatic carbocycles. The zero-order chi connectivity index (χ0) is 11.7. The Morgan fingerprint density at radius 1 is 1.38 bits per heavy atom. The Hall–Kier alpha value is -2.17. The third-order valence-corrected chi connectivity index (χ3v) is 2.37. The molecule has 1 aromatic heterocycles. The van der Waals surface area contributed by atoms with Crippen LogP contribution in [0, 0.1) is 0 Å². The Morgan fingerprint density at radius 3 is 2.69 bits per heavy atom. The van der Waals surface area contributed by atoms with Crippen LogP contribution in [0.2, 0.25) is 0 Å². The van der Waals surface area contributed by atoms with Gasteiger partial charge in [0.05, 0.1) is 12.7 Å². The molecule has 0 atom stereocenters. The number of carboxylic acids is 1. The van der Waals surface area contributed by atoms with Crippen molar-refractivity contribution in [1.29, 1.82) is 0 Å². The first-order chi connectivity index (χ1) is 7.69. The largest absolute Gasteiger partial charge is 0.480 e. The second-order valence-corrected chi connectivity index (χ2v) is 3.21. The van der Waals surface area contributed by atoms with Gasteiger partial charge in [0, 0.05) is 11.5 Å². The van der Waals surface area contributed by atoms with Gasteiger partial charge in [0.2, 0.25) is 5.88 Å². The van der Waals surface area contributed by atoms with Gasteiger partial charge in [0.15, 0.2) is 0 Å². The number of aromatic carboxylic acids is 1. The highest BCUT2D eigenvalue weighted by Crippen LogP contribution is 2.26. The summed E-state index contributed by atoms with van der Waals surface area (Å²) >= 11 is 0. The van der Waals surface area contributed by atoms with E-state index in [0.29, 0.717) is 11.4 Å². The van der Waals surface area contributed by atoms with E-state index in [1.54, 1.807) is 18.2 Å². The average Bonchev–Trinajstić information content (AvgIpc) is 2.65. The van der Waals surface area contributed by atoms with E-state index in [9.17, 15) is 4.79 Å². The predicted molar refractivity (Wildman–Crippen MR) is 58.0 cm³/mol. The van der Waals surface area contributed by atoms with Crippen LogP contribution >= 0.6 is 0 Å². The maximum Gasteiger partial charge on any atom is 0.337 e. The molecule has 1 heterocycles. The van der Waals surface area contributed by atoms with Crippen LogP contribution in [0.25, 0.3) is 10.9 Å². The molecule has 1 aromatic carbocycles. The van der Waals surface area contributed by atoms with E-state index in [1.807, 2.05) is 0 Å². The summed E-state index contributed by atoms with van der Waals surface area (Å²) in [6.45, 7) is 0. The molecule has 1 N–H and O–H groups in total. The number of aromatic nitrogens is 1. The first-order valence-electron chi connectivity index (χ1n) is 4.65. The average molecular weight is 221 g/mol. The zero-order valence-corrected chi connectivity index (χ0v) is 8.93. The standard InChI is InChI=1S/C11H11NO4/c1-15-9-6-7-4-3-5-8(11(13)14)10(7)12(9)16-2/h3-6H,1-2H3,(H,13,14). The number of rotatable bonds is 3. The van der Waals surface area contributed by atoms with E-state index in [2.05, 4.69) is 0 Å². The van der Waals surface area contributed by atoms with Crippen molar-refractivity contribution in [3.63, 3.8) is 0 Å². The number of hydrogen-bond acceptors (Lipinski definition) is 3. The molecule has 0 unspecified atom stereocenters. The second-order valence-electron chi connectivity index (χ2n) is 3.21. The Labute approximate surface area is 91.8 Å². The van der Waals surface area contributed by atoms with Gasteiger partial charge in [0.25, 0.3) is 0 Å². The number of benzene rings is 1. The van der Waals surface area contributed by atoms with Crippen LogP contribution in [0.3, 0.4) is 0 Å². The molecule has 2 aromatic rings. The van der Waals surface area contributed by atoms with E-state index < -0.39 is 5.97 Å². The zero-order valence-electron chi connectivity index (χ0n) is 8.93. The number of nitrogens with zero attached hydrogens (tertiary/aromatic N) is 1. The highest BCUT2D eigenvalue weighted by atomic mass is 16.7. The molecule has 84 valence electrons. The van der Waals surface area contributed by atoms with Crippen molar-refractivity contribution in [2.24, 2.45) is 0 Å². The lowest BCUT2D eigenvalue weighted by atomic mass is 10.1. The molecule has 5 nitrogen and oxygen atoms in total. The van der Waals surface area contributed by atoms with E-state index in [4.69, 9.17) is 14.7 Å². The topological polar surface area (TPSA) is 60.7 Å². The summed E-state index contributed by atoms with van der Waals surface area (Å²) in [7, 11) is 2.96. The minimum absolute atomic E-state index is 0.183. The van der Waals surface area contributed by atoms with Gasteiger partial charge in [-0.3, -0.25) is 0 Å². The summed E-state index contributed by atoms with van der Waals surface area (Å²) in [5.74, 6) is -0.532. The summed E-state index contributed by atoms with van der Waals surface area (Å²) in [4.78, 5) is 16.2. The van der Waals surface area contributed by atoms with Crippen molar-refractivity contribution < 1.29 is 19.5 Å². The fourth-order valence-corrected chi connectivity index (χ4v) is 1.70. The van der Waals surface area contributed by atoms with Crippen LogP contribution < -0.4 is 9.57 Å². The predicted octanol–water partition coefficient (Wildman–Crippen LogP) is 1.41. The fraction of sp³-hybridized carbons (Fsp3) is 0.182. The number of hydrogen-bond donors (Lipinski definition) is 1. The minimum Gasteiger partial charge on any atom is -0.480 e. The van der Waals surface area contributed by atoms with E-state index >= 15 is 0 Å². The lowest BCUT2D eigenvalue weighted by Crippen LogP contribution is -2.10. The quantitative estimate of drug-likeness (QED) is 0.851. The van der Waals surface area contributed by atoms with Crippen molar-refractivity contribution in [2.45, 2.75) is 0 Å². The van der Waals surface area contributed by atoms with Crippen LogP contribution in [-0.4, -0.2) is 30.0 Å². The van der Waals surface area contributed by atoms with Crippen LogP contribution in [-0.2, 0) is 0 Å². The molecule has 0 amide bonds. The van der Waals surface area contributed by atoms with Crippen LogP contribution in [0.5, 0.6) is 5.88 Å². The van der Waals surface area contributed by atoms with Gasteiger partial charge in [-0.05, 0) is 6.07 Å². The first-order valence-corrected chi connectivity index (χ1v) is 4.65. The number of fused-ring (bicyclic) bond motifs is 1. The SMILES string of the molecule is COc1cc2cccc(C(=O)O)c2n1OC. The monoisotopic (exact) mass is 221 g/mol. The maximum absolute atomic E-state index is 11.1. The molecule has 0 fully saturated rings. The normalized spacial score (nSPS) is 10.4. The molecule has 0 bridgehead atoms. The lowest BCUT2D eigenvalue weighted by molar-refractivity contribution is 0.0696. The lowest BCUT2D eigenvalue weighted by Gasteiger charge is -2.07. The molecule has 0 aliphatic heterocycles. The summed E-state index contributed by atoms with van der Waals surface area (Å²) in [5, 5.41) is 9.84. The van der Waals surface area contributed by atoms with Gasteiger partial charge < -0.3 is 14.7 Å². The smallest absolute Gasteiger partial charge is 0.337 e. The summed E-state index contributed by atoms with van der Waals surface area (Å²) in [6.07, 6.45) is 0. The van der Waals surface area contributed by atoms with Crippen LogP contribution in [0.1, 0.15) is 10.4 Å². The van der Waals surface area contributed by atoms with Crippen molar-refractivity contribution in [2.75, 3.05) is 14.2 Å². The Balaban J connectivity index is 2.84. The third-order valence-electron chi connectivity index (χ3n) is 2.37. The number of para-hydroxylation sites is 1. The van der Waals surface area contributed by atoms with Crippen molar-refractivity contribution in [1.82, 2.24) is 4.73 Å². The number of carbonyl (C=O) groups is 1. The number of carboxylic acid groups (broad SMARTS) is 1. The van der Waals surface area contributed by atoms with E-state index in [1.165, 1.54) is 25.0 Å². The van der Waals surface area contributed by atoms with Gasteiger partial charge in [-0.2, -0.15) is 0 Å². The highest BCUT2D eigenvalue weighted by Gasteiger charge is 2.16. The van der Waals surface area contributed by atoms with Crippen molar-refractivity contribution >= 4 is 16.9 Å². The maximum atomic E-state index is 11.1. The molecule has 0 saturated carbocycles. The van der Waals surface area contributed by atoms with Crippen molar-refractivity contribution in [3.05, 3.63) is 29.8 Å². The Morgan fingerprint density at radius 2 is 2.12 bits per heavy atom. The minimum atomic E-state index is -0.996. The molecule has 0 spiro atoms. The van der Waals surface area contributed by atoms with Crippen molar-refractivity contribution in [3.8, 4) is 5.88 Å². The third kappa shape index (κ3) is 1.37. The van der Waals surface area contributed by atoms with Gasteiger partial charge in [-0.1, -0.05) is 12.1 Å². The van der Waals surface area contributed by atoms with Gasteiger partial charge in [0.1, 0.15) is 12.6 Å². The Kier molecular flexibility index (Phi) is 2.44. The van der Waals surface area contributed by atoms with E-state index in [-0.39, 0.29) is 5.56 Å². The molecular weight excluding hydrogens is 210 g/mol. The Bertz CT molecular complexity index is 544. The van der Waals surface area contributed by atoms with E-state index in [0.717, 1.165) is 5.39 Å². The molecule has 16 heavy (non-hydrogen) atoms. The first kappa shape index (κ1) is 10.4. The molecule has 0 radical (unpaired) electrons. The van der Waals surface area contributed by atoms with Gasteiger partial charge in [-0.15, -0.1) is 4.73 Å². The number of ether oxygens (including phenoxy) is 1.